The molecular weight excluding hydrogens is 388 g/mol. The van der Waals surface area contributed by atoms with E-state index >= 15 is 0 Å². The molecule has 2 amide bonds. The van der Waals surface area contributed by atoms with Gasteiger partial charge in [0, 0.05) is 37.2 Å². The molecule has 3 heterocycles. The van der Waals surface area contributed by atoms with Crippen molar-refractivity contribution in [2.24, 2.45) is 5.73 Å². The molecule has 2 aliphatic heterocycles. The molecule has 1 atom stereocenters. The number of benzene rings is 1. The van der Waals surface area contributed by atoms with Crippen LogP contribution >= 0.6 is 0 Å². The summed E-state index contributed by atoms with van der Waals surface area (Å²) in [4.78, 5) is 33.8. The molecule has 1 unspecified atom stereocenters. The fourth-order valence-electron chi connectivity index (χ4n) is 3.07. The second-order valence-corrected chi connectivity index (χ2v) is 7.22. The van der Waals surface area contributed by atoms with E-state index in [1.54, 1.807) is 31.3 Å². The summed E-state index contributed by atoms with van der Waals surface area (Å²) < 4.78 is 10.8. The molecule has 154 valence electrons. The SMILES string of the molecule is CN1CCC(O)(C#Cc2cccc(-c3nc(OC4COC4)cc(C(N)=O)n3)c2)C1=O. The topological polar surface area (TPSA) is 128 Å². The van der Waals surface area contributed by atoms with E-state index in [2.05, 4.69) is 21.8 Å². The fraction of sp³-hybridized carbons (Fsp3) is 0.333. The summed E-state index contributed by atoms with van der Waals surface area (Å²) in [6.45, 7) is 1.35. The molecule has 2 aromatic rings. The Bertz CT molecular complexity index is 1070. The van der Waals surface area contributed by atoms with Crippen LogP contribution in [-0.4, -0.2) is 70.3 Å². The maximum atomic E-state index is 12.1. The van der Waals surface area contributed by atoms with Crippen LogP contribution in [0.15, 0.2) is 30.3 Å². The molecule has 1 aromatic carbocycles. The highest BCUT2D eigenvalue weighted by Crippen LogP contribution is 2.23. The number of ether oxygens (including phenoxy) is 2. The van der Waals surface area contributed by atoms with Gasteiger partial charge in [0.2, 0.25) is 11.5 Å². The van der Waals surface area contributed by atoms with Gasteiger partial charge in [-0.05, 0) is 12.1 Å². The zero-order valence-electron chi connectivity index (χ0n) is 16.3. The summed E-state index contributed by atoms with van der Waals surface area (Å²) in [5.74, 6) is 4.89. The van der Waals surface area contributed by atoms with Gasteiger partial charge in [-0.15, -0.1) is 0 Å². The van der Waals surface area contributed by atoms with Gasteiger partial charge in [0.1, 0.15) is 11.8 Å². The number of hydrogen-bond acceptors (Lipinski definition) is 7. The zero-order chi connectivity index (χ0) is 21.3. The number of primary amides is 1. The van der Waals surface area contributed by atoms with E-state index in [9.17, 15) is 14.7 Å². The first-order valence-electron chi connectivity index (χ1n) is 9.39. The summed E-state index contributed by atoms with van der Waals surface area (Å²) >= 11 is 0. The molecule has 30 heavy (non-hydrogen) atoms. The predicted molar refractivity (Wildman–Crippen MR) is 105 cm³/mol. The van der Waals surface area contributed by atoms with E-state index in [1.165, 1.54) is 11.0 Å². The summed E-state index contributed by atoms with van der Waals surface area (Å²) in [5.41, 5.74) is 4.89. The molecule has 0 saturated carbocycles. The van der Waals surface area contributed by atoms with E-state index in [0.29, 0.717) is 30.9 Å². The van der Waals surface area contributed by atoms with Crippen LogP contribution in [0.2, 0.25) is 0 Å². The molecule has 0 spiro atoms. The van der Waals surface area contributed by atoms with Crippen molar-refractivity contribution >= 4 is 11.8 Å². The molecule has 9 nitrogen and oxygen atoms in total. The first-order valence-corrected chi connectivity index (χ1v) is 9.39. The molecule has 1 aromatic heterocycles. The normalized spacial score (nSPS) is 21.0. The molecule has 0 bridgehead atoms. The van der Waals surface area contributed by atoms with Crippen molar-refractivity contribution in [3.8, 4) is 29.1 Å². The number of likely N-dealkylation sites (tertiary alicyclic amines) is 1. The number of carbonyl (C=O) groups is 2. The van der Waals surface area contributed by atoms with Crippen LogP contribution in [0, 0.1) is 11.8 Å². The smallest absolute Gasteiger partial charge is 0.267 e. The maximum absolute atomic E-state index is 12.1. The number of likely N-dealkylation sites (N-methyl/N-ethyl adjacent to an activating group) is 1. The van der Waals surface area contributed by atoms with Gasteiger partial charge in [0.15, 0.2) is 5.82 Å². The second kappa shape index (κ2) is 7.74. The molecule has 0 radical (unpaired) electrons. The molecule has 2 saturated heterocycles. The number of carbonyl (C=O) groups excluding carboxylic acids is 2. The van der Waals surface area contributed by atoms with E-state index in [1.807, 2.05) is 0 Å². The summed E-state index contributed by atoms with van der Waals surface area (Å²) in [5, 5.41) is 10.5. The molecule has 0 aliphatic carbocycles. The Morgan fingerprint density at radius 3 is 2.80 bits per heavy atom. The third kappa shape index (κ3) is 3.96. The molecule has 4 rings (SSSR count). The standard InChI is InChI=1S/C21H20N4O5/c1-25-8-7-21(28,20(25)27)6-5-13-3-2-4-14(9-13)19-23-16(18(22)26)10-17(24-19)30-15-11-29-12-15/h2-4,9-10,15,28H,7-8,11-12H2,1H3,(H2,22,26). The molecule has 9 heteroatoms. The van der Waals surface area contributed by atoms with Crippen molar-refractivity contribution in [1.82, 2.24) is 14.9 Å². The van der Waals surface area contributed by atoms with E-state index in [4.69, 9.17) is 15.2 Å². The van der Waals surface area contributed by atoms with Gasteiger partial charge in [-0.3, -0.25) is 9.59 Å². The number of amides is 2. The van der Waals surface area contributed by atoms with Gasteiger partial charge in [-0.25, -0.2) is 4.98 Å². The highest BCUT2D eigenvalue weighted by molar-refractivity contribution is 5.91. The Morgan fingerprint density at radius 1 is 1.37 bits per heavy atom. The third-order valence-corrected chi connectivity index (χ3v) is 4.89. The van der Waals surface area contributed by atoms with Gasteiger partial charge in [-0.2, -0.15) is 4.98 Å². The maximum Gasteiger partial charge on any atom is 0.267 e. The largest absolute Gasteiger partial charge is 0.469 e. The van der Waals surface area contributed by atoms with Crippen molar-refractivity contribution in [1.29, 1.82) is 0 Å². The van der Waals surface area contributed by atoms with Crippen LogP contribution in [0.5, 0.6) is 5.88 Å². The number of nitrogens with zero attached hydrogens (tertiary/aromatic N) is 3. The van der Waals surface area contributed by atoms with Crippen LogP contribution in [0.1, 0.15) is 22.5 Å². The van der Waals surface area contributed by atoms with Crippen molar-refractivity contribution in [2.75, 3.05) is 26.8 Å². The average Bonchev–Trinajstić information content (AvgIpc) is 2.97. The van der Waals surface area contributed by atoms with Gasteiger partial charge in [-0.1, -0.05) is 24.0 Å². The fourth-order valence-corrected chi connectivity index (χ4v) is 3.07. The van der Waals surface area contributed by atoms with Gasteiger partial charge < -0.3 is 25.2 Å². The Hall–Kier alpha value is -3.48. The average molecular weight is 408 g/mol. The lowest BCUT2D eigenvalue weighted by Crippen LogP contribution is -2.38. The van der Waals surface area contributed by atoms with Crippen molar-refractivity contribution < 1.29 is 24.2 Å². The summed E-state index contributed by atoms with van der Waals surface area (Å²) in [7, 11) is 1.63. The van der Waals surface area contributed by atoms with E-state index in [-0.39, 0.29) is 29.9 Å². The first-order chi connectivity index (χ1) is 14.3. The summed E-state index contributed by atoms with van der Waals surface area (Å²) in [6, 6.07) is 8.34. The first kappa shape index (κ1) is 19.8. The van der Waals surface area contributed by atoms with Crippen LogP contribution in [0.4, 0.5) is 0 Å². The lowest BCUT2D eigenvalue weighted by atomic mass is 10.0. The monoisotopic (exact) mass is 408 g/mol. The molecule has 3 N–H and O–H groups in total. The second-order valence-electron chi connectivity index (χ2n) is 7.22. The van der Waals surface area contributed by atoms with Crippen molar-refractivity contribution in [3.05, 3.63) is 41.6 Å². The Balaban J connectivity index is 1.64. The van der Waals surface area contributed by atoms with Crippen LogP contribution in [-0.2, 0) is 9.53 Å². The number of rotatable bonds is 4. The van der Waals surface area contributed by atoms with E-state index < -0.39 is 17.4 Å². The highest BCUT2D eigenvalue weighted by atomic mass is 16.6. The lowest BCUT2D eigenvalue weighted by Gasteiger charge is -2.26. The Kier molecular flexibility index (Phi) is 5.11. The minimum Gasteiger partial charge on any atom is -0.469 e. The van der Waals surface area contributed by atoms with E-state index in [0.717, 1.165) is 0 Å². The van der Waals surface area contributed by atoms with Gasteiger partial charge >= 0.3 is 0 Å². The molecule has 2 aliphatic rings. The number of nitrogens with two attached hydrogens (primary N) is 1. The van der Waals surface area contributed by atoms with Crippen LogP contribution in [0.25, 0.3) is 11.4 Å². The van der Waals surface area contributed by atoms with Gasteiger partial charge in [0.25, 0.3) is 11.8 Å². The lowest BCUT2D eigenvalue weighted by molar-refractivity contribution is -0.137. The van der Waals surface area contributed by atoms with Crippen molar-refractivity contribution in [2.45, 2.75) is 18.1 Å². The van der Waals surface area contributed by atoms with Crippen LogP contribution < -0.4 is 10.5 Å². The zero-order valence-corrected chi connectivity index (χ0v) is 16.3. The minimum atomic E-state index is -1.68. The summed E-state index contributed by atoms with van der Waals surface area (Å²) in [6.07, 6.45) is 0.123. The van der Waals surface area contributed by atoms with Crippen LogP contribution in [0.3, 0.4) is 0 Å². The number of aliphatic hydroxyl groups is 1. The Morgan fingerprint density at radius 2 is 2.17 bits per heavy atom. The minimum absolute atomic E-state index is 0.0284. The third-order valence-electron chi connectivity index (χ3n) is 4.89. The highest BCUT2D eigenvalue weighted by Gasteiger charge is 2.42. The predicted octanol–water partition coefficient (Wildman–Crippen LogP) is -0.0352. The van der Waals surface area contributed by atoms with Gasteiger partial charge in [0.05, 0.1) is 13.2 Å². The number of hydrogen-bond donors (Lipinski definition) is 2. The number of aromatic nitrogens is 2. The quantitative estimate of drug-likeness (QED) is 0.680. The molecule has 2 fully saturated rings. The van der Waals surface area contributed by atoms with Crippen molar-refractivity contribution in [3.63, 3.8) is 0 Å². The Labute approximate surface area is 172 Å². The molecular formula is C21H20N4O5.